The molecule has 3 aromatic rings. The van der Waals surface area contributed by atoms with Crippen LogP contribution in [0.5, 0.6) is 5.75 Å². The van der Waals surface area contributed by atoms with Crippen molar-refractivity contribution in [1.82, 2.24) is 4.98 Å². The van der Waals surface area contributed by atoms with Gasteiger partial charge in [-0.05, 0) is 54.7 Å². The third-order valence-electron chi connectivity index (χ3n) is 4.43. The maximum absolute atomic E-state index is 6.41. The number of aromatic nitrogens is 1. The van der Waals surface area contributed by atoms with Crippen LogP contribution in [0.1, 0.15) is 39.2 Å². The van der Waals surface area contributed by atoms with Gasteiger partial charge in [0.25, 0.3) is 0 Å². The summed E-state index contributed by atoms with van der Waals surface area (Å²) in [7, 11) is 0. The van der Waals surface area contributed by atoms with Crippen LogP contribution in [0.15, 0.2) is 47.8 Å². The number of aryl methyl sites for hydroxylation is 1. The highest BCUT2D eigenvalue weighted by atomic mass is 35.5. The molecule has 0 saturated heterocycles. The summed E-state index contributed by atoms with van der Waals surface area (Å²) in [6.07, 6.45) is 3.28. The number of benzene rings is 2. The first-order valence-corrected chi connectivity index (χ1v) is 11.0. The van der Waals surface area contributed by atoms with Crippen LogP contribution in [0, 0.1) is 5.92 Å². The van der Waals surface area contributed by atoms with E-state index in [0.29, 0.717) is 17.5 Å². The Morgan fingerprint density at radius 1 is 1.14 bits per heavy atom. The minimum absolute atomic E-state index is 0.613. The molecule has 1 N–H and O–H groups in total. The molecule has 3 rings (SSSR count). The standard InChI is InChI=1S/C23H27ClN2OS/c1-4-5-17-6-9-19(10-7-17)25-23-26-21(15-28-23)18-8-11-22(20(24)14-18)27-13-12-16(2)3/h6-11,14-16H,4-5,12-13H2,1-3H3,(H,25,26). The number of thiazole rings is 1. The molecule has 0 saturated carbocycles. The smallest absolute Gasteiger partial charge is 0.187 e. The van der Waals surface area contributed by atoms with Crippen molar-refractivity contribution in [2.75, 3.05) is 11.9 Å². The summed E-state index contributed by atoms with van der Waals surface area (Å²) in [6, 6.07) is 14.4. The van der Waals surface area contributed by atoms with Gasteiger partial charge in [-0.25, -0.2) is 4.98 Å². The van der Waals surface area contributed by atoms with Crippen LogP contribution >= 0.6 is 22.9 Å². The van der Waals surface area contributed by atoms with E-state index in [1.807, 2.05) is 23.6 Å². The number of anilines is 2. The number of hydrogen-bond donors (Lipinski definition) is 1. The number of ether oxygens (including phenoxy) is 1. The van der Waals surface area contributed by atoms with E-state index in [1.165, 1.54) is 5.56 Å². The average Bonchev–Trinajstić information content (AvgIpc) is 3.13. The molecule has 1 heterocycles. The average molecular weight is 415 g/mol. The Morgan fingerprint density at radius 2 is 1.93 bits per heavy atom. The molecule has 0 aliphatic carbocycles. The van der Waals surface area contributed by atoms with Crippen LogP contribution in [0.4, 0.5) is 10.8 Å². The van der Waals surface area contributed by atoms with Gasteiger partial charge in [0.15, 0.2) is 5.13 Å². The van der Waals surface area contributed by atoms with E-state index in [0.717, 1.165) is 47.1 Å². The fourth-order valence-corrected chi connectivity index (χ4v) is 3.79. The quantitative estimate of drug-likeness (QED) is 0.391. The monoisotopic (exact) mass is 414 g/mol. The van der Waals surface area contributed by atoms with E-state index in [-0.39, 0.29) is 0 Å². The molecule has 3 nitrogen and oxygen atoms in total. The molecular weight excluding hydrogens is 388 g/mol. The third-order valence-corrected chi connectivity index (χ3v) is 5.48. The largest absolute Gasteiger partial charge is 0.492 e. The Balaban J connectivity index is 1.65. The van der Waals surface area contributed by atoms with Crippen molar-refractivity contribution < 1.29 is 4.74 Å². The van der Waals surface area contributed by atoms with Crippen molar-refractivity contribution in [3.8, 4) is 17.0 Å². The SMILES string of the molecule is CCCc1ccc(Nc2nc(-c3ccc(OCCC(C)C)c(Cl)c3)cs2)cc1. The van der Waals surface area contributed by atoms with Crippen molar-refractivity contribution in [2.45, 2.75) is 40.0 Å². The predicted molar refractivity (Wildman–Crippen MR) is 121 cm³/mol. The van der Waals surface area contributed by atoms with Crippen molar-refractivity contribution in [3.63, 3.8) is 0 Å². The minimum atomic E-state index is 0.613. The van der Waals surface area contributed by atoms with E-state index in [9.17, 15) is 0 Å². The maximum atomic E-state index is 6.41. The first-order chi connectivity index (χ1) is 13.5. The van der Waals surface area contributed by atoms with E-state index in [1.54, 1.807) is 11.3 Å². The Bertz CT molecular complexity index is 890. The summed E-state index contributed by atoms with van der Waals surface area (Å²) in [5.74, 6) is 1.34. The summed E-state index contributed by atoms with van der Waals surface area (Å²) < 4.78 is 5.79. The normalized spacial score (nSPS) is 11.0. The lowest BCUT2D eigenvalue weighted by atomic mass is 10.1. The van der Waals surface area contributed by atoms with E-state index in [4.69, 9.17) is 21.3 Å². The summed E-state index contributed by atoms with van der Waals surface area (Å²) in [4.78, 5) is 4.70. The first kappa shape index (κ1) is 20.7. The van der Waals surface area contributed by atoms with Crippen LogP contribution in [0.2, 0.25) is 5.02 Å². The fraction of sp³-hybridized carbons (Fsp3) is 0.348. The molecule has 0 aliphatic rings. The summed E-state index contributed by atoms with van der Waals surface area (Å²) >= 11 is 7.99. The van der Waals surface area contributed by atoms with Crippen molar-refractivity contribution >= 4 is 33.8 Å². The zero-order valence-electron chi connectivity index (χ0n) is 16.7. The highest BCUT2D eigenvalue weighted by molar-refractivity contribution is 7.14. The Hall–Kier alpha value is -2.04. The van der Waals surface area contributed by atoms with Gasteiger partial charge in [0, 0.05) is 16.6 Å². The Kier molecular flexibility index (Phi) is 7.35. The molecule has 5 heteroatoms. The molecule has 0 spiro atoms. The number of halogens is 1. The fourth-order valence-electron chi connectivity index (χ4n) is 2.81. The van der Waals surface area contributed by atoms with Gasteiger partial charge in [-0.2, -0.15) is 0 Å². The van der Waals surface area contributed by atoms with Crippen LogP contribution in [0.3, 0.4) is 0 Å². The minimum Gasteiger partial charge on any atom is -0.492 e. The molecule has 0 fully saturated rings. The second-order valence-electron chi connectivity index (χ2n) is 7.29. The van der Waals surface area contributed by atoms with Crippen molar-refractivity contribution in [3.05, 3.63) is 58.4 Å². The zero-order chi connectivity index (χ0) is 19.9. The summed E-state index contributed by atoms with van der Waals surface area (Å²) in [6.45, 7) is 7.24. The molecule has 0 aliphatic heterocycles. The van der Waals surface area contributed by atoms with Gasteiger partial charge >= 0.3 is 0 Å². The van der Waals surface area contributed by atoms with Crippen LogP contribution in [-0.4, -0.2) is 11.6 Å². The molecule has 0 amide bonds. The summed E-state index contributed by atoms with van der Waals surface area (Å²) in [5, 5.41) is 6.91. The molecule has 148 valence electrons. The predicted octanol–water partition coefficient (Wildman–Crippen LogP) is 7.58. The lowest BCUT2D eigenvalue weighted by Crippen LogP contribution is -2.01. The topological polar surface area (TPSA) is 34.2 Å². The van der Waals surface area contributed by atoms with Crippen molar-refractivity contribution in [1.29, 1.82) is 0 Å². The van der Waals surface area contributed by atoms with E-state index < -0.39 is 0 Å². The third kappa shape index (κ3) is 5.73. The molecule has 0 radical (unpaired) electrons. The van der Waals surface area contributed by atoms with Crippen LogP contribution in [0.25, 0.3) is 11.3 Å². The van der Waals surface area contributed by atoms with Gasteiger partial charge in [-0.15, -0.1) is 11.3 Å². The molecule has 28 heavy (non-hydrogen) atoms. The lowest BCUT2D eigenvalue weighted by molar-refractivity contribution is 0.289. The molecular formula is C23H27ClN2OS. The number of nitrogens with zero attached hydrogens (tertiary/aromatic N) is 1. The van der Waals surface area contributed by atoms with Gasteiger partial charge in [0.05, 0.1) is 17.3 Å². The van der Waals surface area contributed by atoms with Gasteiger partial charge in [0.2, 0.25) is 0 Å². The van der Waals surface area contributed by atoms with E-state index >= 15 is 0 Å². The molecule has 0 bridgehead atoms. The highest BCUT2D eigenvalue weighted by Crippen LogP contribution is 2.33. The van der Waals surface area contributed by atoms with Gasteiger partial charge < -0.3 is 10.1 Å². The van der Waals surface area contributed by atoms with Crippen molar-refractivity contribution in [2.24, 2.45) is 5.92 Å². The second-order valence-corrected chi connectivity index (χ2v) is 8.55. The van der Waals surface area contributed by atoms with Gasteiger partial charge in [-0.1, -0.05) is 50.9 Å². The molecule has 0 unspecified atom stereocenters. The van der Waals surface area contributed by atoms with Gasteiger partial charge in [0.1, 0.15) is 5.75 Å². The van der Waals surface area contributed by atoms with E-state index in [2.05, 4.69) is 50.4 Å². The van der Waals surface area contributed by atoms with Gasteiger partial charge in [-0.3, -0.25) is 0 Å². The zero-order valence-corrected chi connectivity index (χ0v) is 18.2. The second kappa shape index (κ2) is 9.94. The number of rotatable bonds is 9. The van der Waals surface area contributed by atoms with Crippen LogP contribution < -0.4 is 10.1 Å². The molecule has 2 aromatic carbocycles. The number of hydrogen-bond acceptors (Lipinski definition) is 4. The molecule has 0 atom stereocenters. The Labute approximate surface area is 176 Å². The Morgan fingerprint density at radius 3 is 2.61 bits per heavy atom. The first-order valence-electron chi connectivity index (χ1n) is 9.79. The maximum Gasteiger partial charge on any atom is 0.187 e. The molecule has 1 aromatic heterocycles. The summed E-state index contributed by atoms with van der Waals surface area (Å²) in [5.41, 5.74) is 4.31. The lowest BCUT2D eigenvalue weighted by Gasteiger charge is -2.10. The van der Waals surface area contributed by atoms with Crippen LogP contribution in [-0.2, 0) is 6.42 Å². The highest BCUT2D eigenvalue weighted by Gasteiger charge is 2.09. The number of nitrogens with one attached hydrogen (secondary N) is 1.